The van der Waals surface area contributed by atoms with Gasteiger partial charge in [-0.15, -0.1) is 0 Å². The van der Waals surface area contributed by atoms with Crippen molar-refractivity contribution in [2.75, 3.05) is 20.8 Å². The molecule has 4 nitrogen and oxygen atoms in total. The molecule has 1 unspecified atom stereocenters. The number of aromatic hydroxyl groups is 1. The maximum Gasteiger partial charge on any atom is 0.160 e. The molecule has 4 heteroatoms. The molecular formula is C18H23NO3. The van der Waals surface area contributed by atoms with Crippen molar-refractivity contribution in [1.82, 2.24) is 5.32 Å². The van der Waals surface area contributed by atoms with Crippen molar-refractivity contribution in [2.45, 2.75) is 31.7 Å². The number of benzene rings is 1. The Labute approximate surface area is 131 Å². The van der Waals surface area contributed by atoms with Crippen molar-refractivity contribution >= 4 is 0 Å². The normalized spacial score (nSPS) is 21.2. The fourth-order valence-corrected chi connectivity index (χ4v) is 3.37. The number of phenolic OH excluding ortho intramolecular Hbond substituents is 1. The second-order valence-corrected chi connectivity index (χ2v) is 5.85. The van der Waals surface area contributed by atoms with Gasteiger partial charge in [0.2, 0.25) is 0 Å². The molecule has 0 radical (unpaired) electrons. The fourth-order valence-electron chi connectivity index (χ4n) is 3.37. The highest BCUT2D eigenvalue weighted by Crippen LogP contribution is 2.33. The number of allylic oxidation sites excluding steroid dienone is 2. The van der Waals surface area contributed by atoms with E-state index in [2.05, 4.69) is 11.4 Å². The third-order valence-corrected chi connectivity index (χ3v) is 4.57. The van der Waals surface area contributed by atoms with Crippen molar-refractivity contribution in [3.8, 4) is 11.5 Å². The van der Waals surface area contributed by atoms with E-state index in [1.807, 2.05) is 12.1 Å². The molecule has 2 N–H and O–H groups in total. The molecule has 0 saturated heterocycles. The van der Waals surface area contributed by atoms with Crippen molar-refractivity contribution < 1.29 is 14.6 Å². The highest BCUT2D eigenvalue weighted by atomic mass is 16.5. The van der Waals surface area contributed by atoms with Crippen LogP contribution in [-0.2, 0) is 11.2 Å². The van der Waals surface area contributed by atoms with Crippen LogP contribution in [-0.4, -0.2) is 31.9 Å². The first-order valence-corrected chi connectivity index (χ1v) is 7.74. The minimum Gasteiger partial charge on any atom is -0.504 e. The van der Waals surface area contributed by atoms with E-state index in [9.17, 15) is 5.11 Å². The van der Waals surface area contributed by atoms with Gasteiger partial charge in [-0.3, -0.25) is 0 Å². The summed E-state index contributed by atoms with van der Waals surface area (Å²) >= 11 is 0. The van der Waals surface area contributed by atoms with Gasteiger partial charge in [0, 0.05) is 12.5 Å². The molecule has 118 valence electrons. The van der Waals surface area contributed by atoms with Gasteiger partial charge < -0.3 is 19.9 Å². The molecule has 0 spiro atoms. The van der Waals surface area contributed by atoms with Crippen LogP contribution in [0.25, 0.3) is 0 Å². The quantitative estimate of drug-likeness (QED) is 0.840. The van der Waals surface area contributed by atoms with E-state index in [-0.39, 0.29) is 5.75 Å². The van der Waals surface area contributed by atoms with Gasteiger partial charge in [0.15, 0.2) is 11.5 Å². The summed E-state index contributed by atoms with van der Waals surface area (Å²) in [6, 6.07) is 5.99. The maximum absolute atomic E-state index is 9.94. The Balaban J connectivity index is 1.76. The highest BCUT2D eigenvalue weighted by molar-refractivity contribution is 5.43. The van der Waals surface area contributed by atoms with E-state index < -0.39 is 0 Å². The zero-order chi connectivity index (χ0) is 15.5. The Morgan fingerprint density at radius 2 is 2.14 bits per heavy atom. The number of methoxy groups -OCH3 is 2. The standard InChI is InChI=1S/C18H23NO3/c1-21-14-4-5-15-13(11-14)7-8-19-16(15)9-12-3-6-18(22-2)17(20)10-12/h3-4,6,10,16,19-20H,5,7-9,11H2,1-2H3. The first kappa shape index (κ1) is 15.0. The van der Waals surface area contributed by atoms with Gasteiger partial charge in [-0.05, 0) is 55.2 Å². The molecular weight excluding hydrogens is 278 g/mol. The molecule has 1 aromatic carbocycles. The lowest BCUT2D eigenvalue weighted by molar-refractivity contribution is 0.276. The van der Waals surface area contributed by atoms with Crippen molar-refractivity contribution in [3.63, 3.8) is 0 Å². The summed E-state index contributed by atoms with van der Waals surface area (Å²) in [6.07, 6.45) is 6.06. The van der Waals surface area contributed by atoms with Crippen LogP contribution in [0.5, 0.6) is 11.5 Å². The summed E-state index contributed by atoms with van der Waals surface area (Å²) in [5.41, 5.74) is 4.12. The topological polar surface area (TPSA) is 50.7 Å². The number of ether oxygens (including phenoxy) is 2. The van der Waals surface area contributed by atoms with E-state index in [1.54, 1.807) is 20.3 Å². The summed E-state index contributed by atoms with van der Waals surface area (Å²) in [5, 5.41) is 13.5. The van der Waals surface area contributed by atoms with Gasteiger partial charge in [-0.25, -0.2) is 0 Å². The minimum atomic E-state index is 0.204. The van der Waals surface area contributed by atoms with E-state index in [4.69, 9.17) is 9.47 Å². The predicted molar refractivity (Wildman–Crippen MR) is 86.1 cm³/mol. The smallest absolute Gasteiger partial charge is 0.160 e. The van der Waals surface area contributed by atoms with E-state index in [0.717, 1.165) is 43.6 Å². The number of nitrogens with one attached hydrogen (secondary N) is 1. The van der Waals surface area contributed by atoms with Gasteiger partial charge in [0.25, 0.3) is 0 Å². The van der Waals surface area contributed by atoms with Crippen molar-refractivity contribution in [2.24, 2.45) is 0 Å². The lowest BCUT2D eigenvalue weighted by Crippen LogP contribution is -2.39. The number of hydrogen-bond donors (Lipinski definition) is 2. The predicted octanol–water partition coefficient (Wildman–Crippen LogP) is 2.93. The number of hydrogen-bond acceptors (Lipinski definition) is 4. The summed E-state index contributed by atoms with van der Waals surface area (Å²) in [7, 11) is 3.31. The Bertz CT molecular complexity index is 619. The number of rotatable bonds is 4. The lowest BCUT2D eigenvalue weighted by atomic mass is 9.83. The first-order valence-electron chi connectivity index (χ1n) is 7.74. The van der Waals surface area contributed by atoms with Crippen LogP contribution < -0.4 is 10.1 Å². The van der Waals surface area contributed by atoms with E-state index in [1.165, 1.54) is 11.1 Å². The fraction of sp³-hybridized carbons (Fsp3) is 0.444. The summed E-state index contributed by atoms with van der Waals surface area (Å²) in [5.74, 6) is 1.81. The van der Waals surface area contributed by atoms with Crippen LogP contribution in [0.15, 0.2) is 41.2 Å². The highest BCUT2D eigenvalue weighted by Gasteiger charge is 2.25. The molecule has 0 fully saturated rings. The van der Waals surface area contributed by atoms with Crippen molar-refractivity contribution in [1.29, 1.82) is 0 Å². The third kappa shape index (κ3) is 2.97. The summed E-state index contributed by atoms with van der Waals surface area (Å²) < 4.78 is 10.5. The Morgan fingerprint density at radius 3 is 2.86 bits per heavy atom. The molecule has 2 aliphatic rings. The second-order valence-electron chi connectivity index (χ2n) is 5.85. The van der Waals surface area contributed by atoms with Crippen LogP contribution in [0.1, 0.15) is 24.8 Å². The molecule has 22 heavy (non-hydrogen) atoms. The van der Waals surface area contributed by atoms with Crippen LogP contribution in [0.2, 0.25) is 0 Å². The van der Waals surface area contributed by atoms with Gasteiger partial charge in [-0.2, -0.15) is 0 Å². The summed E-state index contributed by atoms with van der Waals surface area (Å²) in [4.78, 5) is 0. The van der Waals surface area contributed by atoms with Crippen LogP contribution >= 0.6 is 0 Å². The third-order valence-electron chi connectivity index (χ3n) is 4.57. The number of phenols is 1. The molecule has 3 rings (SSSR count). The molecule has 1 aliphatic carbocycles. The van der Waals surface area contributed by atoms with Gasteiger partial charge in [0.1, 0.15) is 0 Å². The SMILES string of the molecule is COC1=CCC2=C(CCNC2Cc2ccc(OC)c(O)c2)C1. The van der Waals surface area contributed by atoms with Gasteiger partial charge in [0.05, 0.1) is 20.0 Å². The molecule has 1 aliphatic heterocycles. The molecule has 1 atom stereocenters. The first-order chi connectivity index (χ1) is 10.7. The average Bonchev–Trinajstić information content (AvgIpc) is 2.55. The van der Waals surface area contributed by atoms with Crippen LogP contribution in [0.4, 0.5) is 0 Å². The second kappa shape index (κ2) is 6.44. The minimum absolute atomic E-state index is 0.204. The Hall–Kier alpha value is -1.94. The van der Waals surface area contributed by atoms with Crippen molar-refractivity contribution in [3.05, 3.63) is 46.7 Å². The van der Waals surface area contributed by atoms with Crippen LogP contribution in [0.3, 0.4) is 0 Å². The zero-order valence-electron chi connectivity index (χ0n) is 13.2. The van der Waals surface area contributed by atoms with Crippen LogP contribution in [0, 0.1) is 0 Å². The summed E-state index contributed by atoms with van der Waals surface area (Å²) in [6.45, 7) is 1.00. The monoisotopic (exact) mass is 301 g/mol. The Morgan fingerprint density at radius 1 is 1.27 bits per heavy atom. The van der Waals surface area contributed by atoms with E-state index in [0.29, 0.717) is 11.8 Å². The molecule has 1 aromatic rings. The molecule has 1 heterocycles. The van der Waals surface area contributed by atoms with E-state index >= 15 is 0 Å². The molecule has 0 amide bonds. The molecule has 0 saturated carbocycles. The maximum atomic E-state index is 9.94. The molecule has 0 aromatic heterocycles. The molecule has 0 bridgehead atoms. The van der Waals surface area contributed by atoms with Gasteiger partial charge in [-0.1, -0.05) is 11.6 Å². The Kier molecular flexibility index (Phi) is 4.39. The largest absolute Gasteiger partial charge is 0.504 e. The van der Waals surface area contributed by atoms with Gasteiger partial charge >= 0.3 is 0 Å². The average molecular weight is 301 g/mol. The zero-order valence-corrected chi connectivity index (χ0v) is 13.2. The lowest BCUT2D eigenvalue weighted by Gasteiger charge is -2.32.